The third-order valence-electron chi connectivity index (χ3n) is 1.01. The van der Waals surface area contributed by atoms with E-state index in [9.17, 15) is 4.79 Å². The molecule has 0 heterocycles. The van der Waals surface area contributed by atoms with E-state index in [2.05, 4.69) is 4.74 Å². The molecule has 0 spiro atoms. The van der Waals surface area contributed by atoms with E-state index >= 15 is 0 Å². The molecule has 0 unspecified atom stereocenters. The Kier molecular flexibility index (Phi) is 5.77. The Bertz CT molecular complexity index is 118. The summed E-state index contributed by atoms with van der Waals surface area (Å²) in [5.74, 6) is -0.220. The van der Waals surface area contributed by atoms with Crippen LogP contribution in [0.3, 0.4) is 0 Å². The van der Waals surface area contributed by atoms with Gasteiger partial charge in [-0.25, -0.2) is 0 Å². The maximum Gasteiger partial charge on any atom is 0.305 e. The zero-order valence-corrected chi connectivity index (χ0v) is 6.04. The number of aliphatic hydroxyl groups excluding tert-OH is 1. The lowest BCUT2D eigenvalue weighted by Crippen LogP contribution is -1.97. The Balaban J connectivity index is 3.19. The summed E-state index contributed by atoms with van der Waals surface area (Å²) in [6.07, 6.45) is 4.36. The molecule has 3 nitrogen and oxygen atoms in total. The lowest BCUT2D eigenvalue weighted by molar-refractivity contribution is -0.140. The second kappa shape index (κ2) is 6.29. The third-order valence-corrected chi connectivity index (χ3v) is 1.01. The maximum absolute atomic E-state index is 10.5. The second-order valence-electron chi connectivity index (χ2n) is 1.77. The number of carbonyl (C=O) groups excluding carboxylic acids is 1. The fourth-order valence-electron chi connectivity index (χ4n) is 0.496. The molecule has 0 aromatic rings. The number of esters is 1. The van der Waals surface area contributed by atoms with Gasteiger partial charge in [0.05, 0.1) is 13.7 Å². The van der Waals surface area contributed by atoms with Gasteiger partial charge in [-0.3, -0.25) is 4.79 Å². The average molecular weight is 144 g/mol. The number of allylic oxidation sites excluding steroid dienone is 1. The molecule has 1 N–H and O–H groups in total. The van der Waals surface area contributed by atoms with Gasteiger partial charge < -0.3 is 9.84 Å². The molecular formula is C7H12O3. The van der Waals surface area contributed by atoms with Crippen LogP contribution in [-0.4, -0.2) is 24.8 Å². The van der Waals surface area contributed by atoms with E-state index in [0.717, 1.165) is 0 Å². The molecule has 0 aliphatic heterocycles. The molecule has 0 radical (unpaired) electrons. The topological polar surface area (TPSA) is 46.5 Å². The Morgan fingerprint density at radius 2 is 2.30 bits per heavy atom. The number of hydrogen-bond donors (Lipinski definition) is 1. The van der Waals surface area contributed by atoms with Gasteiger partial charge in [-0.05, 0) is 6.42 Å². The summed E-state index contributed by atoms with van der Waals surface area (Å²) in [5, 5.41) is 8.29. The first-order chi connectivity index (χ1) is 4.81. The van der Waals surface area contributed by atoms with Crippen LogP contribution in [-0.2, 0) is 9.53 Å². The third kappa shape index (κ3) is 5.31. The monoisotopic (exact) mass is 144 g/mol. The molecule has 0 aliphatic rings. The van der Waals surface area contributed by atoms with Crippen molar-refractivity contribution in [3.63, 3.8) is 0 Å². The summed E-state index contributed by atoms with van der Waals surface area (Å²) < 4.78 is 4.40. The van der Waals surface area contributed by atoms with Gasteiger partial charge in [0.15, 0.2) is 0 Å². The summed E-state index contributed by atoms with van der Waals surface area (Å²) in [7, 11) is 1.36. The summed E-state index contributed by atoms with van der Waals surface area (Å²) >= 11 is 0. The van der Waals surface area contributed by atoms with Crippen molar-refractivity contribution in [1.82, 2.24) is 0 Å². The molecule has 10 heavy (non-hydrogen) atoms. The van der Waals surface area contributed by atoms with Crippen molar-refractivity contribution >= 4 is 5.97 Å². The fourth-order valence-corrected chi connectivity index (χ4v) is 0.496. The van der Waals surface area contributed by atoms with E-state index in [1.165, 1.54) is 7.11 Å². The molecule has 3 heteroatoms. The molecule has 0 atom stereocenters. The summed E-state index contributed by atoms with van der Waals surface area (Å²) in [6, 6.07) is 0. The first kappa shape index (κ1) is 9.17. The smallest absolute Gasteiger partial charge is 0.305 e. The SMILES string of the molecule is COC(=O)CC/C=C\CO. The van der Waals surface area contributed by atoms with Crippen LogP contribution >= 0.6 is 0 Å². The largest absolute Gasteiger partial charge is 0.469 e. The van der Waals surface area contributed by atoms with Crippen LogP contribution in [0.5, 0.6) is 0 Å². The zero-order valence-electron chi connectivity index (χ0n) is 6.04. The number of ether oxygens (including phenoxy) is 1. The van der Waals surface area contributed by atoms with E-state index in [1.54, 1.807) is 12.2 Å². The van der Waals surface area contributed by atoms with Gasteiger partial charge in [0.25, 0.3) is 0 Å². The molecule has 0 aromatic heterocycles. The van der Waals surface area contributed by atoms with Gasteiger partial charge in [0, 0.05) is 6.42 Å². The molecule has 0 aliphatic carbocycles. The van der Waals surface area contributed by atoms with Crippen molar-refractivity contribution in [1.29, 1.82) is 0 Å². The summed E-state index contributed by atoms with van der Waals surface area (Å²) in [4.78, 5) is 10.5. The summed E-state index contributed by atoms with van der Waals surface area (Å²) in [5.41, 5.74) is 0. The quantitative estimate of drug-likeness (QED) is 0.461. The molecular weight excluding hydrogens is 132 g/mol. The molecule has 0 fully saturated rings. The molecule has 0 bridgehead atoms. The van der Waals surface area contributed by atoms with Crippen LogP contribution < -0.4 is 0 Å². The lowest BCUT2D eigenvalue weighted by Gasteiger charge is -1.92. The number of carbonyl (C=O) groups is 1. The van der Waals surface area contributed by atoms with Gasteiger partial charge in [-0.1, -0.05) is 12.2 Å². The van der Waals surface area contributed by atoms with Gasteiger partial charge in [0.2, 0.25) is 0 Å². The first-order valence-electron chi connectivity index (χ1n) is 3.14. The number of methoxy groups -OCH3 is 1. The Morgan fingerprint density at radius 1 is 1.60 bits per heavy atom. The van der Waals surface area contributed by atoms with Crippen molar-refractivity contribution in [2.45, 2.75) is 12.8 Å². The molecule has 0 aromatic carbocycles. The highest BCUT2D eigenvalue weighted by Gasteiger charge is 1.94. The zero-order chi connectivity index (χ0) is 7.82. The fraction of sp³-hybridized carbons (Fsp3) is 0.571. The number of aliphatic hydroxyl groups is 1. The minimum Gasteiger partial charge on any atom is -0.469 e. The maximum atomic E-state index is 10.5. The predicted octanol–water partition coefficient (Wildman–Crippen LogP) is 0.488. The van der Waals surface area contributed by atoms with E-state index < -0.39 is 0 Å². The minimum absolute atomic E-state index is 0.0289. The Morgan fingerprint density at radius 3 is 2.80 bits per heavy atom. The highest BCUT2D eigenvalue weighted by molar-refractivity contribution is 5.69. The van der Waals surface area contributed by atoms with Crippen LogP contribution in [0.4, 0.5) is 0 Å². The van der Waals surface area contributed by atoms with Crippen LogP contribution in [0.15, 0.2) is 12.2 Å². The minimum atomic E-state index is -0.220. The second-order valence-corrected chi connectivity index (χ2v) is 1.77. The van der Waals surface area contributed by atoms with Crippen LogP contribution in [0, 0.1) is 0 Å². The highest BCUT2D eigenvalue weighted by atomic mass is 16.5. The van der Waals surface area contributed by atoms with Crippen molar-refractivity contribution in [2.75, 3.05) is 13.7 Å². The highest BCUT2D eigenvalue weighted by Crippen LogP contribution is 1.92. The first-order valence-corrected chi connectivity index (χ1v) is 3.14. The normalized spacial score (nSPS) is 10.2. The standard InChI is InChI=1S/C7H12O3/c1-10-7(9)5-3-2-4-6-8/h2,4,8H,3,5-6H2,1H3/b4-2-. The molecule has 0 saturated heterocycles. The van der Waals surface area contributed by atoms with Gasteiger partial charge >= 0.3 is 5.97 Å². The van der Waals surface area contributed by atoms with Crippen molar-refractivity contribution in [2.24, 2.45) is 0 Å². The van der Waals surface area contributed by atoms with Crippen LogP contribution in [0.2, 0.25) is 0 Å². The molecule has 0 amide bonds. The molecule has 0 saturated carbocycles. The lowest BCUT2D eigenvalue weighted by atomic mass is 10.3. The Labute approximate surface area is 60.3 Å². The average Bonchev–Trinajstić information content (AvgIpc) is 1.98. The predicted molar refractivity (Wildman–Crippen MR) is 37.5 cm³/mol. The number of rotatable bonds is 4. The van der Waals surface area contributed by atoms with Crippen molar-refractivity contribution in [3.8, 4) is 0 Å². The van der Waals surface area contributed by atoms with Crippen LogP contribution in [0.25, 0.3) is 0 Å². The van der Waals surface area contributed by atoms with Crippen LogP contribution in [0.1, 0.15) is 12.8 Å². The van der Waals surface area contributed by atoms with Gasteiger partial charge in [0.1, 0.15) is 0 Å². The van der Waals surface area contributed by atoms with E-state index in [4.69, 9.17) is 5.11 Å². The molecule has 0 rings (SSSR count). The van der Waals surface area contributed by atoms with Gasteiger partial charge in [-0.2, -0.15) is 0 Å². The summed E-state index contributed by atoms with van der Waals surface area (Å²) in [6.45, 7) is 0.0289. The van der Waals surface area contributed by atoms with E-state index in [0.29, 0.717) is 12.8 Å². The van der Waals surface area contributed by atoms with E-state index in [1.807, 2.05) is 0 Å². The van der Waals surface area contributed by atoms with Crippen molar-refractivity contribution < 1.29 is 14.6 Å². The van der Waals surface area contributed by atoms with Gasteiger partial charge in [-0.15, -0.1) is 0 Å². The molecule has 58 valence electrons. The Hall–Kier alpha value is -0.830. The van der Waals surface area contributed by atoms with Crippen molar-refractivity contribution in [3.05, 3.63) is 12.2 Å². The number of hydrogen-bond acceptors (Lipinski definition) is 3. The van der Waals surface area contributed by atoms with E-state index in [-0.39, 0.29) is 12.6 Å².